The fourth-order valence-electron chi connectivity index (χ4n) is 1.46. The van der Waals surface area contributed by atoms with E-state index < -0.39 is 5.91 Å². The number of nitrogen functional groups attached to an aromatic ring is 1. The van der Waals surface area contributed by atoms with Crippen LogP contribution in [0, 0.1) is 0 Å². The van der Waals surface area contributed by atoms with Crippen molar-refractivity contribution in [2.75, 3.05) is 11.1 Å². The summed E-state index contributed by atoms with van der Waals surface area (Å²) < 4.78 is 0. The minimum absolute atomic E-state index is 0.00574. The molecular formula is C11H13N5O2. The number of hydrogen-bond donors (Lipinski definition) is 4. The topological polar surface area (TPSA) is 117 Å². The Bertz CT molecular complexity index is 579. The first-order valence-corrected chi connectivity index (χ1v) is 5.41. The number of phenols is 1. The standard InChI is InChI=1S/C11H13N5O2/c1-2-6-3-4-8(17)7(5-6)13-10(18)9-14-11(12)16-15-9/h3-5,17H,2H2,1H3,(H,13,18)(H3,12,14,15,16). The largest absolute Gasteiger partial charge is 0.506 e. The quantitative estimate of drug-likeness (QED) is 0.601. The summed E-state index contributed by atoms with van der Waals surface area (Å²) in [5.41, 5.74) is 6.63. The van der Waals surface area contributed by atoms with Crippen molar-refractivity contribution in [2.45, 2.75) is 13.3 Å². The van der Waals surface area contributed by atoms with Gasteiger partial charge in [-0.25, -0.2) is 0 Å². The number of nitrogens with zero attached hydrogens (tertiary/aromatic N) is 2. The van der Waals surface area contributed by atoms with Crippen molar-refractivity contribution >= 4 is 17.5 Å². The van der Waals surface area contributed by atoms with Crippen LogP contribution in [0.3, 0.4) is 0 Å². The highest BCUT2D eigenvalue weighted by molar-refractivity contribution is 6.02. The number of nitrogens with one attached hydrogen (secondary N) is 2. The van der Waals surface area contributed by atoms with Gasteiger partial charge in [-0.15, -0.1) is 5.10 Å². The average Bonchev–Trinajstić information content (AvgIpc) is 2.79. The van der Waals surface area contributed by atoms with E-state index in [1.54, 1.807) is 12.1 Å². The third kappa shape index (κ3) is 2.40. The van der Waals surface area contributed by atoms with Crippen molar-refractivity contribution in [1.82, 2.24) is 15.2 Å². The van der Waals surface area contributed by atoms with Gasteiger partial charge in [0.2, 0.25) is 11.8 Å². The molecule has 1 aromatic carbocycles. The lowest BCUT2D eigenvalue weighted by atomic mass is 10.1. The monoisotopic (exact) mass is 247 g/mol. The van der Waals surface area contributed by atoms with Gasteiger partial charge in [0.1, 0.15) is 5.75 Å². The number of rotatable bonds is 3. The second kappa shape index (κ2) is 4.74. The van der Waals surface area contributed by atoms with Crippen LogP contribution < -0.4 is 11.1 Å². The molecule has 0 aliphatic heterocycles. The van der Waals surface area contributed by atoms with Gasteiger partial charge in [0, 0.05) is 0 Å². The molecule has 0 radical (unpaired) electrons. The first-order valence-electron chi connectivity index (χ1n) is 5.41. The summed E-state index contributed by atoms with van der Waals surface area (Å²) in [6, 6.07) is 5.02. The van der Waals surface area contributed by atoms with Gasteiger partial charge in [0.25, 0.3) is 5.91 Å². The van der Waals surface area contributed by atoms with Crippen molar-refractivity contribution < 1.29 is 9.90 Å². The van der Waals surface area contributed by atoms with Gasteiger partial charge in [-0.2, -0.15) is 4.98 Å². The zero-order chi connectivity index (χ0) is 13.1. The predicted molar refractivity (Wildman–Crippen MR) is 66.2 cm³/mol. The summed E-state index contributed by atoms with van der Waals surface area (Å²) in [5, 5.41) is 18.1. The van der Waals surface area contributed by atoms with E-state index in [1.807, 2.05) is 6.92 Å². The molecule has 0 bridgehead atoms. The lowest BCUT2D eigenvalue weighted by Gasteiger charge is -2.07. The number of carbonyl (C=O) groups is 1. The Kier molecular flexibility index (Phi) is 3.13. The molecule has 0 atom stereocenters. The molecule has 0 spiro atoms. The fraction of sp³-hybridized carbons (Fsp3) is 0.182. The van der Waals surface area contributed by atoms with E-state index in [0.717, 1.165) is 12.0 Å². The normalized spacial score (nSPS) is 10.3. The molecule has 0 unspecified atom stereocenters. The minimum Gasteiger partial charge on any atom is -0.506 e. The number of amides is 1. The van der Waals surface area contributed by atoms with Crippen LogP contribution in [0.25, 0.3) is 0 Å². The van der Waals surface area contributed by atoms with Crippen molar-refractivity contribution in [3.8, 4) is 5.75 Å². The maximum atomic E-state index is 11.8. The van der Waals surface area contributed by atoms with E-state index in [0.29, 0.717) is 5.69 Å². The SMILES string of the molecule is CCc1ccc(O)c(NC(=O)c2nc(N)n[nH]2)c1. The zero-order valence-corrected chi connectivity index (χ0v) is 9.77. The number of carbonyl (C=O) groups excluding carboxylic acids is 1. The van der Waals surface area contributed by atoms with Crippen LogP contribution in [0.4, 0.5) is 11.6 Å². The lowest BCUT2D eigenvalue weighted by molar-refractivity contribution is 0.101. The van der Waals surface area contributed by atoms with E-state index in [4.69, 9.17) is 5.73 Å². The van der Waals surface area contributed by atoms with Gasteiger partial charge in [-0.05, 0) is 24.1 Å². The van der Waals surface area contributed by atoms with Crippen LogP contribution in [0.5, 0.6) is 5.75 Å². The molecule has 0 saturated heterocycles. The molecule has 0 aliphatic carbocycles. The fourth-order valence-corrected chi connectivity index (χ4v) is 1.46. The Hall–Kier alpha value is -2.57. The third-order valence-electron chi connectivity index (χ3n) is 2.44. The van der Waals surface area contributed by atoms with Crippen molar-refractivity contribution in [3.05, 3.63) is 29.6 Å². The second-order valence-corrected chi connectivity index (χ2v) is 3.70. The molecule has 2 rings (SSSR count). The number of aromatic amines is 1. The summed E-state index contributed by atoms with van der Waals surface area (Å²) in [6.45, 7) is 1.98. The number of phenolic OH excluding ortho intramolecular Hbond substituents is 1. The first-order chi connectivity index (χ1) is 8.60. The van der Waals surface area contributed by atoms with Crippen LogP contribution in [-0.2, 0) is 6.42 Å². The number of nitrogens with two attached hydrogens (primary N) is 1. The maximum absolute atomic E-state index is 11.8. The van der Waals surface area contributed by atoms with Gasteiger partial charge in [0.15, 0.2) is 0 Å². The van der Waals surface area contributed by atoms with E-state index in [-0.39, 0.29) is 17.5 Å². The minimum atomic E-state index is -0.511. The lowest BCUT2D eigenvalue weighted by Crippen LogP contribution is -2.14. The molecule has 1 heterocycles. The average molecular weight is 247 g/mol. The van der Waals surface area contributed by atoms with E-state index in [2.05, 4.69) is 20.5 Å². The highest BCUT2D eigenvalue weighted by Gasteiger charge is 2.13. The smallest absolute Gasteiger partial charge is 0.293 e. The number of aromatic nitrogens is 3. The molecule has 18 heavy (non-hydrogen) atoms. The Labute approximate surface area is 103 Å². The summed E-state index contributed by atoms with van der Waals surface area (Å²) in [5.74, 6) is -0.531. The molecular weight excluding hydrogens is 234 g/mol. The van der Waals surface area contributed by atoms with Gasteiger partial charge in [-0.1, -0.05) is 13.0 Å². The molecule has 1 amide bonds. The zero-order valence-electron chi connectivity index (χ0n) is 9.77. The second-order valence-electron chi connectivity index (χ2n) is 3.70. The third-order valence-corrected chi connectivity index (χ3v) is 2.44. The Morgan fingerprint density at radius 2 is 2.33 bits per heavy atom. The molecule has 94 valence electrons. The maximum Gasteiger partial charge on any atom is 0.293 e. The molecule has 0 fully saturated rings. The molecule has 0 saturated carbocycles. The number of aromatic hydroxyl groups is 1. The Morgan fingerprint density at radius 3 is 2.94 bits per heavy atom. The van der Waals surface area contributed by atoms with Crippen molar-refractivity contribution in [3.63, 3.8) is 0 Å². The molecule has 0 aliphatic rings. The number of benzene rings is 1. The number of aryl methyl sites for hydroxylation is 1. The van der Waals surface area contributed by atoms with Gasteiger partial charge < -0.3 is 16.2 Å². The summed E-state index contributed by atoms with van der Waals surface area (Å²) in [7, 11) is 0. The summed E-state index contributed by atoms with van der Waals surface area (Å²) in [6.07, 6.45) is 0.804. The number of H-pyrrole nitrogens is 1. The van der Waals surface area contributed by atoms with Gasteiger partial charge in [0.05, 0.1) is 5.69 Å². The van der Waals surface area contributed by atoms with Crippen molar-refractivity contribution in [1.29, 1.82) is 0 Å². The number of hydrogen-bond acceptors (Lipinski definition) is 5. The molecule has 7 nitrogen and oxygen atoms in total. The van der Waals surface area contributed by atoms with Crippen LogP contribution in [-0.4, -0.2) is 26.2 Å². The van der Waals surface area contributed by atoms with E-state index in [9.17, 15) is 9.90 Å². The number of anilines is 2. The Morgan fingerprint density at radius 1 is 1.56 bits per heavy atom. The van der Waals surface area contributed by atoms with Crippen LogP contribution in [0.1, 0.15) is 23.1 Å². The van der Waals surface area contributed by atoms with Crippen LogP contribution in [0.15, 0.2) is 18.2 Å². The van der Waals surface area contributed by atoms with Gasteiger partial charge >= 0.3 is 0 Å². The van der Waals surface area contributed by atoms with Crippen LogP contribution in [0.2, 0.25) is 0 Å². The molecule has 7 heteroatoms. The molecule has 1 aromatic heterocycles. The summed E-state index contributed by atoms with van der Waals surface area (Å²) in [4.78, 5) is 15.5. The Balaban J connectivity index is 2.21. The first kappa shape index (κ1) is 11.9. The van der Waals surface area contributed by atoms with Crippen LogP contribution >= 0.6 is 0 Å². The molecule has 5 N–H and O–H groups in total. The van der Waals surface area contributed by atoms with E-state index >= 15 is 0 Å². The summed E-state index contributed by atoms with van der Waals surface area (Å²) >= 11 is 0. The highest BCUT2D eigenvalue weighted by Crippen LogP contribution is 2.24. The highest BCUT2D eigenvalue weighted by atomic mass is 16.3. The van der Waals surface area contributed by atoms with Gasteiger partial charge in [-0.3, -0.25) is 9.89 Å². The molecule has 2 aromatic rings. The predicted octanol–water partition coefficient (Wildman–Crippen LogP) is 0.907. The van der Waals surface area contributed by atoms with Crippen molar-refractivity contribution in [2.24, 2.45) is 0 Å². The van der Waals surface area contributed by atoms with E-state index in [1.165, 1.54) is 6.07 Å².